The zero-order valence-electron chi connectivity index (χ0n) is 15.0. The molecule has 0 spiro atoms. The molecule has 0 N–H and O–H groups in total. The smallest absolute Gasteiger partial charge is 0.153 e. The van der Waals surface area contributed by atoms with Crippen LogP contribution in [0.3, 0.4) is 0 Å². The summed E-state index contributed by atoms with van der Waals surface area (Å²) in [6.07, 6.45) is 0. The van der Waals surface area contributed by atoms with Gasteiger partial charge in [0.15, 0.2) is 5.75 Å². The van der Waals surface area contributed by atoms with E-state index in [0.29, 0.717) is 6.61 Å². The van der Waals surface area contributed by atoms with E-state index in [1.165, 1.54) is 5.56 Å². The molecular formula is C21H19N3O2. The molecule has 2 aromatic carbocycles. The van der Waals surface area contributed by atoms with Gasteiger partial charge in [0.1, 0.15) is 23.7 Å². The van der Waals surface area contributed by atoms with Crippen LogP contribution in [0.5, 0.6) is 5.75 Å². The van der Waals surface area contributed by atoms with Crippen LogP contribution in [0, 0.1) is 20.8 Å². The second kappa shape index (κ2) is 5.46. The van der Waals surface area contributed by atoms with Gasteiger partial charge in [-0.1, -0.05) is 35.5 Å². The summed E-state index contributed by atoms with van der Waals surface area (Å²) < 4.78 is 14.0. The summed E-state index contributed by atoms with van der Waals surface area (Å²) in [6.45, 7) is 6.52. The van der Waals surface area contributed by atoms with Gasteiger partial charge >= 0.3 is 0 Å². The third-order valence-corrected chi connectivity index (χ3v) is 5.17. The first-order valence-electron chi connectivity index (χ1n) is 8.77. The lowest BCUT2D eigenvalue weighted by atomic mass is 10.00. The fraction of sp³-hybridized carbons (Fsp3) is 0.238. The Hall–Kier alpha value is -3.08. The van der Waals surface area contributed by atoms with E-state index >= 15 is 0 Å². The van der Waals surface area contributed by atoms with Crippen molar-refractivity contribution in [2.24, 2.45) is 0 Å². The fourth-order valence-electron chi connectivity index (χ4n) is 4.02. The summed E-state index contributed by atoms with van der Waals surface area (Å²) in [4.78, 5) is 4.77. The van der Waals surface area contributed by atoms with Crippen LogP contribution in [0.25, 0.3) is 22.2 Å². The van der Waals surface area contributed by atoms with Crippen LogP contribution in [-0.2, 0) is 0 Å². The van der Waals surface area contributed by atoms with Gasteiger partial charge in [0.25, 0.3) is 0 Å². The first kappa shape index (κ1) is 15.2. The van der Waals surface area contributed by atoms with E-state index in [-0.39, 0.29) is 6.04 Å². The van der Waals surface area contributed by atoms with Crippen molar-refractivity contribution in [1.29, 1.82) is 0 Å². The highest BCUT2D eigenvalue weighted by molar-refractivity contribution is 5.92. The summed E-state index contributed by atoms with van der Waals surface area (Å²) in [5.41, 5.74) is 6.11. The Balaban J connectivity index is 1.79. The number of rotatable bonds is 2. The zero-order valence-corrected chi connectivity index (χ0v) is 15.0. The second-order valence-corrected chi connectivity index (χ2v) is 6.78. The van der Waals surface area contributed by atoms with E-state index in [2.05, 4.69) is 53.0 Å². The number of ether oxygens (including phenoxy) is 1. The Bertz CT molecular complexity index is 1110. The molecule has 4 aromatic rings. The van der Waals surface area contributed by atoms with Crippen LogP contribution in [0.4, 0.5) is 0 Å². The Morgan fingerprint density at radius 2 is 1.85 bits per heavy atom. The summed E-state index contributed by atoms with van der Waals surface area (Å²) >= 11 is 0. The maximum Gasteiger partial charge on any atom is 0.153 e. The molecule has 0 fully saturated rings. The number of benzene rings is 2. The number of aryl methyl sites for hydroxylation is 3. The zero-order chi connectivity index (χ0) is 17.8. The quantitative estimate of drug-likeness (QED) is 0.533. The molecule has 5 nitrogen and oxygen atoms in total. The Morgan fingerprint density at radius 1 is 1.04 bits per heavy atom. The monoisotopic (exact) mass is 345 g/mol. The molecule has 5 heteroatoms. The summed E-state index contributed by atoms with van der Waals surface area (Å²) in [5.74, 6) is 2.66. The van der Waals surface area contributed by atoms with Gasteiger partial charge in [-0.3, -0.25) is 0 Å². The SMILES string of the molecule is Cc1noc(C)c1-c1ccc2nc(C)n3c2c1OCC3c1ccccc1. The third kappa shape index (κ3) is 2.03. The van der Waals surface area contributed by atoms with Crippen molar-refractivity contribution in [3.63, 3.8) is 0 Å². The number of hydrogen-bond donors (Lipinski definition) is 0. The molecule has 5 rings (SSSR count). The lowest BCUT2D eigenvalue weighted by Crippen LogP contribution is -2.24. The second-order valence-electron chi connectivity index (χ2n) is 6.78. The van der Waals surface area contributed by atoms with E-state index in [1.807, 2.05) is 19.9 Å². The van der Waals surface area contributed by atoms with Gasteiger partial charge in [-0.2, -0.15) is 0 Å². The number of nitrogens with zero attached hydrogens (tertiary/aromatic N) is 3. The maximum atomic E-state index is 6.31. The van der Waals surface area contributed by atoms with E-state index in [1.54, 1.807) is 0 Å². The molecule has 1 atom stereocenters. The van der Waals surface area contributed by atoms with E-state index in [4.69, 9.17) is 14.2 Å². The molecule has 0 amide bonds. The molecule has 130 valence electrons. The van der Waals surface area contributed by atoms with Gasteiger partial charge in [0, 0.05) is 5.56 Å². The first-order valence-corrected chi connectivity index (χ1v) is 8.77. The van der Waals surface area contributed by atoms with Gasteiger partial charge in [-0.15, -0.1) is 0 Å². The van der Waals surface area contributed by atoms with Crippen LogP contribution in [0.1, 0.15) is 28.9 Å². The fourth-order valence-corrected chi connectivity index (χ4v) is 4.02. The average Bonchev–Trinajstić information content (AvgIpc) is 3.17. The van der Waals surface area contributed by atoms with Crippen molar-refractivity contribution >= 4 is 11.0 Å². The van der Waals surface area contributed by atoms with Crippen molar-refractivity contribution in [2.75, 3.05) is 6.61 Å². The van der Waals surface area contributed by atoms with Crippen LogP contribution < -0.4 is 4.74 Å². The minimum Gasteiger partial charge on any atom is -0.488 e. The number of hydrogen-bond acceptors (Lipinski definition) is 4. The van der Waals surface area contributed by atoms with Gasteiger partial charge in [-0.05, 0) is 38.5 Å². The highest BCUT2D eigenvalue weighted by Gasteiger charge is 2.30. The molecule has 26 heavy (non-hydrogen) atoms. The highest BCUT2D eigenvalue weighted by atomic mass is 16.5. The summed E-state index contributed by atoms with van der Waals surface area (Å²) in [6, 6.07) is 14.7. The summed E-state index contributed by atoms with van der Waals surface area (Å²) in [7, 11) is 0. The average molecular weight is 345 g/mol. The lowest BCUT2D eigenvalue weighted by Gasteiger charge is -2.28. The molecule has 3 heterocycles. The van der Waals surface area contributed by atoms with Crippen LogP contribution >= 0.6 is 0 Å². The molecule has 0 saturated heterocycles. The van der Waals surface area contributed by atoms with E-state index in [9.17, 15) is 0 Å². The maximum absolute atomic E-state index is 6.31. The standard InChI is InChI=1S/C21H19N3O2/c1-12-19(13(2)26-23-12)16-9-10-17-20-21(16)25-11-18(24(20)14(3)22-17)15-7-5-4-6-8-15/h4-10,18H,11H2,1-3H3. The van der Waals surface area contributed by atoms with Gasteiger partial charge < -0.3 is 13.8 Å². The largest absolute Gasteiger partial charge is 0.488 e. The Labute approximate surface area is 151 Å². The first-order chi connectivity index (χ1) is 12.6. The molecule has 1 aliphatic rings. The molecule has 1 aliphatic heterocycles. The minimum absolute atomic E-state index is 0.119. The van der Waals surface area contributed by atoms with E-state index < -0.39 is 0 Å². The molecule has 0 bridgehead atoms. The predicted molar refractivity (Wildman–Crippen MR) is 99.5 cm³/mol. The predicted octanol–water partition coefficient (Wildman–Crippen LogP) is 4.60. The van der Waals surface area contributed by atoms with Crippen molar-refractivity contribution in [1.82, 2.24) is 14.7 Å². The van der Waals surface area contributed by atoms with Crippen LogP contribution in [0.2, 0.25) is 0 Å². The normalized spacial score (nSPS) is 16.0. The van der Waals surface area contributed by atoms with Crippen molar-refractivity contribution < 1.29 is 9.26 Å². The molecule has 2 aromatic heterocycles. The van der Waals surface area contributed by atoms with Crippen molar-refractivity contribution in [3.8, 4) is 16.9 Å². The topological polar surface area (TPSA) is 53.1 Å². The lowest BCUT2D eigenvalue weighted by molar-refractivity contribution is 0.258. The van der Waals surface area contributed by atoms with Gasteiger partial charge in [0.2, 0.25) is 0 Å². The van der Waals surface area contributed by atoms with Crippen molar-refractivity contribution in [3.05, 3.63) is 65.3 Å². The Kier molecular flexibility index (Phi) is 3.19. The molecule has 0 radical (unpaired) electrons. The highest BCUT2D eigenvalue weighted by Crippen LogP contribution is 2.44. The van der Waals surface area contributed by atoms with Gasteiger partial charge in [-0.25, -0.2) is 4.98 Å². The summed E-state index contributed by atoms with van der Waals surface area (Å²) in [5, 5.41) is 4.10. The molecule has 0 aliphatic carbocycles. The van der Waals surface area contributed by atoms with Gasteiger partial charge in [0.05, 0.1) is 22.8 Å². The molecule has 0 saturated carbocycles. The number of aromatic nitrogens is 3. The molecule has 1 unspecified atom stereocenters. The molecular weight excluding hydrogens is 326 g/mol. The minimum atomic E-state index is 0.119. The third-order valence-electron chi connectivity index (χ3n) is 5.17. The van der Waals surface area contributed by atoms with Crippen LogP contribution in [-0.4, -0.2) is 21.3 Å². The number of imidazole rings is 1. The van der Waals surface area contributed by atoms with Crippen LogP contribution in [0.15, 0.2) is 47.0 Å². The van der Waals surface area contributed by atoms with Crippen molar-refractivity contribution in [2.45, 2.75) is 26.8 Å². The van der Waals surface area contributed by atoms with E-state index in [0.717, 1.165) is 45.2 Å². The Morgan fingerprint density at radius 3 is 2.58 bits per heavy atom.